The third-order valence-electron chi connectivity index (χ3n) is 4.19. The molecule has 2 aromatic rings. The molecule has 2 heterocycles. The van der Waals surface area contributed by atoms with Crippen molar-refractivity contribution in [2.24, 2.45) is 11.7 Å². The second-order valence-corrected chi connectivity index (χ2v) is 7.06. The van der Waals surface area contributed by atoms with Crippen molar-refractivity contribution in [2.75, 3.05) is 25.0 Å². The number of primary amides is 1. The lowest BCUT2D eigenvalue weighted by molar-refractivity contribution is -0.133. The van der Waals surface area contributed by atoms with Crippen LogP contribution < -0.4 is 11.1 Å². The predicted octanol–water partition coefficient (Wildman–Crippen LogP) is 1.74. The molecule has 0 aliphatic carbocycles. The van der Waals surface area contributed by atoms with Gasteiger partial charge in [0.1, 0.15) is 0 Å². The van der Waals surface area contributed by atoms with E-state index in [1.807, 2.05) is 25.1 Å². The Morgan fingerprint density at radius 1 is 1.39 bits per heavy atom. The summed E-state index contributed by atoms with van der Waals surface area (Å²) in [5, 5.41) is 4.21. The molecule has 2 amide bonds. The van der Waals surface area contributed by atoms with E-state index >= 15 is 0 Å². The number of likely N-dealkylation sites (tertiary alicyclic amines) is 1. The molecule has 0 saturated carbocycles. The second-order valence-electron chi connectivity index (χ2n) is 5.83. The number of nitrogens with two attached hydrogens (primary N) is 1. The second kappa shape index (κ2) is 6.54. The van der Waals surface area contributed by atoms with E-state index in [1.54, 1.807) is 16.2 Å². The molecule has 3 N–H and O–H groups in total. The van der Waals surface area contributed by atoms with Gasteiger partial charge in [-0.3, -0.25) is 9.59 Å². The van der Waals surface area contributed by atoms with Gasteiger partial charge in [0.25, 0.3) is 0 Å². The number of piperidine rings is 1. The van der Waals surface area contributed by atoms with Crippen LogP contribution in [0.3, 0.4) is 0 Å². The number of carbonyl (C=O) groups excluding carboxylic acids is 2. The summed E-state index contributed by atoms with van der Waals surface area (Å²) in [6.07, 6.45) is 1.32. The van der Waals surface area contributed by atoms with Crippen LogP contribution in [0, 0.1) is 12.8 Å². The number of carbonyl (C=O) groups is 2. The Labute approximate surface area is 138 Å². The number of rotatable bonds is 4. The van der Waals surface area contributed by atoms with Crippen LogP contribution in [0.15, 0.2) is 18.2 Å². The number of benzene rings is 1. The van der Waals surface area contributed by atoms with Crippen molar-refractivity contribution in [3.8, 4) is 0 Å². The number of thiazole rings is 1. The topological polar surface area (TPSA) is 88.3 Å². The highest BCUT2D eigenvalue weighted by atomic mass is 32.1. The fourth-order valence-electron chi connectivity index (χ4n) is 2.85. The molecular weight excluding hydrogens is 312 g/mol. The lowest BCUT2D eigenvalue weighted by Crippen LogP contribution is -2.43. The van der Waals surface area contributed by atoms with Gasteiger partial charge in [0, 0.05) is 24.7 Å². The highest BCUT2D eigenvalue weighted by Gasteiger charge is 2.25. The van der Waals surface area contributed by atoms with E-state index in [0.717, 1.165) is 20.9 Å². The van der Waals surface area contributed by atoms with Crippen LogP contribution >= 0.6 is 11.3 Å². The number of aryl methyl sites for hydroxylation is 1. The zero-order chi connectivity index (χ0) is 16.4. The predicted molar refractivity (Wildman–Crippen MR) is 91.3 cm³/mol. The van der Waals surface area contributed by atoms with Crippen LogP contribution in [0.2, 0.25) is 0 Å². The normalized spacial score (nSPS) is 15.8. The quantitative estimate of drug-likeness (QED) is 0.892. The molecule has 1 aromatic heterocycles. The maximum atomic E-state index is 12.3. The molecule has 7 heteroatoms. The van der Waals surface area contributed by atoms with Gasteiger partial charge in [0.15, 0.2) is 0 Å². The minimum atomic E-state index is -0.261. The molecule has 23 heavy (non-hydrogen) atoms. The van der Waals surface area contributed by atoms with Crippen molar-refractivity contribution >= 4 is 39.1 Å². The molecule has 6 nitrogen and oxygen atoms in total. The third-order valence-corrected chi connectivity index (χ3v) is 5.12. The van der Waals surface area contributed by atoms with Gasteiger partial charge in [-0.1, -0.05) is 0 Å². The standard InChI is InChI=1S/C16H20N4O2S/c1-10-19-13-3-2-12(8-14(13)23-10)18-9-15(21)20-6-4-11(5-7-20)16(17)22/h2-3,8,11,18H,4-7,9H2,1H3,(H2,17,22). The summed E-state index contributed by atoms with van der Waals surface area (Å²) in [7, 11) is 0. The minimum absolute atomic E-state index is 0.0495. The van der Waals surface area contributed by atoms with E-state index in [0.29, 0.717) is 25.9 Å². The Kier molecular flexibility index (Phi) is 4.47. The van der Waals surface area contributed by atoms with Gasteiger partial charge in [-0.25, -0.2) is 4.98 Å². The molecule has 1 aliphatic heterocycles. The number of nitrogens with zero attached hydrogens (tertiary/aromatic N) is 2. The first-order valence-electron chi connectivity index (χ1n) is 7.71. The van der Waals surface area contributed by atoms with E-state index in [2.05, 4.69) is 10.3 Å². The summed E-state index contributed by atoms with van der Waals surface area (Å²) in [6.45, 7) is 3.43. The summed E-state index contributed by atoms with van der Waals surface area (Å²) in [5.74, 6) is -0.305. The first kappa shape index (κ1) is 15.7. The smallest absolute Gasteiger partial charge is 0.241 e. The van der Waals surface area contributed by atoms with Crippen LogP contribution in [0.5, 0.6) is 0 Å². The fraction of sp³-hybridized carbons (Fsp3) is 0.438. The van der Waals surface area contributed by atoms with Crippen LogP contribution in [-0.2, 0) is 9.59 Å². The Hall–Kier alpha value is -2.15. The Morgan fingerprint density at radius 2 is 2.13 bits per heavy atom. The van der Waals surface area contributed by atoms with Gasteiger partial charge in [-0.15, -0.1) is 11.3 Å². The summed E-state index contributed by atoms with van der Waals surface area (Å²) in [4.78, 5) is 29.6. The average molecular weight is 332 g/mol. The van der Waals surface area contributed by atoms with E-state index in [1.165, 1.54) is 0 Å². The first-order chi connectivity index (χ1) is 11.0. The SMILES string of the molecule is Cc1nc2ccc(NCC(=O)N3CCC(C(N)=O)CC3)cc2s1. The van der Waals surface area contributed by atoms with Crippen LogP contribution in [0.25, 0.3) is 10.2 Å². The lowest BCUT2D eigenvalue weighted by atomic mass is 9.96. The van der Waals surface area contributed by atoms with Gasteiger partial charge < -0.3 is 16.0 Å². The molecule has 1 aliphatic rings. The van der Waals surface area contributed by atoms with Crippen molar-refractivity contribution in [1.29, 1.82) is 0 Å². The van der Waals surface area contributed by atoms with Gasteiger partial charge in [-0.05, 0) is 38.0 Å². The monoisotopic (exact) mass is 332 g/mol. The summed E-state index contributed by atoms with van der Waals surface area (Å²) in [6, 6.07) is 5.92. The highest BCUT2D eigenvalue weighted by Crippen LogP contribution is 2.24. The van der Waals surface area contributed by atoms with Crippen molar-refractivity contribution in [1.82, 2.24) is 9.88 Å². The molecule has 1 aromatic carbocycles. The number of hydrogen-bond donors (Lipinski definition) is 2. The molecular formula is C16H20N4O2S. The van der Waals surface area contributed by atoms with Crippen LogP contribution in [-0.4, -0.2) is 41.3 Å². The molecule has 0 spiro atoms. The van der Waals surface area contributed by atoms with E-state index < -0.39 is 0 Å². The summed E-state index contributed by atoms with van der Waals surface area (Å²) >= 11 is 1.64. The maximum Gasteiger partial charge on any atom is 0.241 e. The van der Waals surface area contributed by atoms with E-state index in [9.17, 15) is 9.59 Å². The van der Waals surface area contributed by atoms with Crippen LogP contribution in [0.4, 0.5) is 5.69 Å². The van der Waals surface area contributed by atoms with Crippen molar-refractivity contribution in [3.63, 3.8) is 0 Å². The average Bonchev–Trinajstić information content (AvgIpc) is 2.92. The van der Waals surface area contributed by atoms with Crippen molar-refractivity contribution < 1.29 is 9.59 Å². The number of hydrogen-bond acceptors (Lipinski definition) is 5. The largest absolute Gasteiger partial charge is 0.376 e. The molecule has 122 valence electrons. The zero-order valence-corrected chi connectivity index (χ0v) is 13.9. The van der Waals surface area contributed by atoms with Crippen molar-refractivity contribution in [3.05, 3.63) is 23.2 Å². The number of nitrogens with one attached hydrogen (secondary N) is 1. The number of fused-ring (bicyclic) bond motifs is 1. The lowest BCUT2D eigenvalue weighted by Gasteiger charge is -2.30. The molecule has 0 unspecified atom stereocenters. The Morgan fingerprint density at radius 3 is 2.83 bits per heavy atom. The molecule has 1 fully saturated rings. The fourth-order valence-corrected chi connectivity index (χ4v) is 3.72. The van der Waals surface area contributed by atoms with Gasteiger partial charge in [0.2, 0.25) is 11.8 Å². The van der Waals surface area contributed by atoms with Crippen molar-refractivity contribution in [2.45, 2.75) is 19.8 Å². The molecule has 0 bridgehead atoms. The number of aromatic nitrogens is 1. The first-order valence-corrected chi connectivity index (χ1v) is 8.53. The maximum absolute atomic E-state index is 12.3. The number of anilines is 1. The highest BCUT2D eigenvalue weighted by molar-refractivity contribution is 7.18. The molecule has 0 atom stereocenters. The van der Waals surface area contributed by atoms with Gasteiger partial charge >= 0.3 is 0 Å². The summed E-state index contributed by atoms with van der Waals surface area (Å²) in [5.41, 5.74) is 7.21. The van der Waals surface area contributed by atoms with Gasteiger partial charge in [-0.2, -0.15) is 0 Å². The van der Waals surface area contributed by atoms with E-state index in [-0.39, 0.29) is 24.3 Å². The van der Waals surface area contributed by atoms with Crippen LogP contribution in [0.1, 0.15) is 17.8 Å². The molecule has 1 saturated heterocycles. The van der Waals surface area contributed by atoms with E-state index in [4.69, 9.17) is 5.73 Å². The third kappa shape index (κ3) is 3.61. The Bertz CT molecular complexity index is 735. The zero-order valence-electron chi connectivity index (χ0n) is 13.0. The molecule has 0 radical (unpaired) electrons. The Balaban J connectivity index is 1.55. The minimum Gasteiger partial charge on any atom is -0.376 e. The molecule has 3 rings (SSSR count). The number of amides is 2. The summed E-state index contributed by atoms with van der Waals surface area (Å²) < 4.78 is 1.11. The van der Waals surface area contributed by atoms with Gasteiger partial charge in [0.05, 0.1) is 21.8 Å².